The summed E-state index contributed by atoms with van der Waals surface area (Å²) in [5, 5.41) is 8.38. The number of aromatic nitrogens is 1. The van der Waals surface area contributed by atoms with Crippen LogP contribution in [0.15, 0.2) is 63.3 Å². The maximum atomic E-state index is 12.1. The maximum Gasteiger partial charge on any atom is 0.230 e. The average Bonchev–Trinajstić information content (AvgIpc) is 3.03. The fourth-order valence-electron chi connectivity index (χ4n) is 2.26. The largest absolute Gasteiger partial charge is 0.332 e. The highest BCUT2D eigenvalue weighted by Crippen LogP contribution is 2.23. The number of benzene rings is 2. The monoisotopic (exact) mass is 465 g/mol. The molecule has 140 valence electrons. The first-order valence-electron chi connectivity index (χ1n) is 7.86. The molecule has 0 radical (unpaired) electrons. The standard InChI is InChI=1S/C18H16BrN3O3S2/c1-27(24,25)16-8-6-14(7-9-16)21-18-22-15(11-26-18)10-17(23)20-13-4-2-12(19)3-5-13/h2-9,11H,10H2,1H3,(H,20,23)(H,21,22). The Hall–Kier alpha value is -2.23. The van der Waals surface area contributed by atoms with Gasteiger partial charge in [0.2, 0.25) is 5.91 Å². The molecule has 0 unspecified atom stereocenters. The van der Waals surface area contributed by atoms with Crippen LogP contribution >= 0.6 is 27.3 Å². The van der Waals surface area contributed by atoms with Gasteiger partial charge in [0.1, 0.15) is 0 Å². The van der Waals surface area contributed by atoms with Gasteiger partial charge in [0, 0.05) is 27.5 Å². The maximum absolute atomic E-state index is 12.1. The van der Waals surface area contributed by atoms with Crippen molar-refractivity contribution in [1.29, 1.82) is 0 Å². The van der Waals surface area contributed by atoms with Crippen LogP contribution in [0.4, 0.5) is 16.5 Å². The number of sulfone groups is 1. The molecule has 0 saturated carbocycles. The third kappa shape index (κ3) is 5.62. The number of thiazole rings is 1. The Morgan fingerprint density at radius 2 is 1.70 bits per heavy atom. The fourth-order valence-corrected chi connectivity index (χ4v) is 3.88. The lowest BCUT2D eigenvalue weighted by molar-refractivity contribution is -0.115. The number of anilines is 3. The molecule has 1 aromatic heterocycles. The van der Waals surface area contributed by atoms with E-state index in [1.54, 1.807) is 12.1 Å². The Morgan fingerprint density at radius 3 is 2.33 bits per heavy atom. The van der Waals surface area contributed by atoms with E-state index in [2.05, 4.69) is 31.5 Å². The minimum absolute atomic E-state index is 0.147. The summed E-state index contributed by atoms with van der Waals surface area (Å²) in [6.07, 6.45) is 1.34. The van der Waals surface area contributed by atoms with Gasteiger partial charge in [0.25, 0.3) is 0 Å². The highest BCUT2D eigenvalue weighted by molar-refractivity contribution is 9.10. The number of nitrogens with one attached hydrogen (secondary N) is 2. The Labute approximate surface area is 169 Å². The quantitative estimate of drug-likeness (QED) is 0.568. The van der Waals surface area contributed by atoms with Crippen molar-refractivity contribution in [3.63, 3.8) is 0 Å². The molecule has 3 aromatic rings. The van der Waals surface area contributed by atoms with Crippen LogP contribution in [0, 0.1) is 0 Å². The van der Waals surface area contributed by atoms with Crippen molar-refractivity contribution in [1.82, 2.24) is 4.98 Å². The summed E-state index contributed by atoms with van der Waals surface area (Å²) in [5.74, 6) is -0.147. The second-order valence-corrected chi connectivity index (χ2v) is 9.59. The van der Waals surface area contributed by atoms with Crippen molar-refractivity contribution in [2.45, 2.75) is 11.3 Å². The van der Waals surface area contributed by atoms with Crippen molar-refractivity contribution in [3.05, 3.63) is 64.1 Å². The molecule has 1 amide bonds. The molecule has 0 saturated heterocycles. The van der Waals surface area contributed by atoms with Crippen molar-refractivity contribution in [2.24, 2.45) is 0 Å². The molecule has 0 bridgehead atoms. The minimum atomic E-state index is -3.22. The van der Waals surface area contributed by atoms with Crippen LogP contribution < -0.4 is 10.6 Å². The Kier molecular flexibility index (Phi) is 5.93. The first-order valence-corrected chi connectivity index (χ1v) is 11.4. The number of amides is 1. The number of halogens is 1. The van der Waals surface area contributed by atoms with Crippen LogP contribution in [0.1, 0.15) is 5.69 Å². The van der Waals surface area contributed by atoms with Gasteiger partial charge in [-0.25, -0.2) is 13.4 Å². The Bertz CT molecular complexity index is 1050. The second kappa shape index (κ2) is 8.20. The number of nitrogens with zero attached hydrogens (tertiary/aromatic N) is 1. The normalized spacial score (nSPS) is 11.2. The van der Waals surface area contributed by atoms with E-state index in [0.29, 0.717) is 10.8 Å². The molecule has 9 heteroatoms. The van der Waals surface area contributed by atoms with Gasteiger partial charge < -0.3 is 10.6 Å². The van der Waals surface area contributed by atoms with E-state index >= 15 is 0 Å². The topological polar surface area (TPSA) is 88.2 Å². The van der Waals surface area contributed by atoms with Gasteiger partial charge in [0.15, 0.2) is 15.0 Å². The van der Waals surface area contributed by atoms with Gasteiger partial charge in [-0.1, -0.05) is 15.9 Å². The van der Waals surface area contributed by atoms with Gasteiger partial charge in [-0.05, 0) is 48.5 Å². The summed E-state index contributed by atoms with van der Waals surface area (Å²) >= 11 is 4.73. The number of hydrogen-bond donors (Lipinski definition) is 2. The molecule has 6 nitrogen and oxygen atoms in total. The molecule has 2 N–H and O–H groups in total. The third-order valence-corrected chi connectivity index (χ3v) is 6.02. The molecule has 0 aliphatic rings. The number of hydrogen-bond acceptors (Lipinski definition) is 6. The molecule has 3 rings (SSSR count). The third-order valence-electron chi connectivity index (χ3n) is 3.56. The molecule has 2 aromatic carbocycles. The molecule has 0 fully saturated rings. The molecule has 27 heavy (non-hydrogen) atoms. The average molecular weight is 466 g/mol. The molecule has 1 heterocycles. The SMILES string of the molecule is CS(=O)(=O)c1ccc(Nc2nc(CC(=O)Nc3ccc(Br)cc3)cs2)cc1. The van der Waals surface area contributed by atoms with Gasteiger partial charge >= 0.3 is 0 Å². The molecule has 0 atom stereocenters. The highest BCUT2D eigenvalue weighted by atomic mass is 79.9. The zero-order valence-corrected chi connectivity index (χ0v) is 17.5. The van der Waals surface area contributed by atoms with E-state index in [1.165, 1.54) is 29.7 Å². The predicted octanol–water partition coefficient (Wildman–Crippen LogP) is 4.23. The van der Waals surface area contributed by atoms with Crippen molar-refractivity contribution >= 4 is 59.5 Å². The Morgan fingerprint density at radius 1 is 1.07 bits per heavy atom. The lowest BCUT2D eigenvalue weighted by atomic mass is 10.3. The predicted molar refractivity (Wildman–Crippen MR) is 111 cm³/mol. The van der Waals surface area contributed by atoms with Crippen molar-refractivity contribution < 1.29 is 13.2 Å². The molecule has 0 spiro atoms. The van der Waals surface area contributed by atoms with E-state index in [0.717, 1.165) is 15.8 Å². The molecule has 0 aliphatic carbocycles. The number of rotatable bonds is 6. The fraction of sp³-hybridized carbons (Fsp3) is 0.111. The molecular weight excluding hydrogens is 450 g/mol. The van der Waals surface area contributed by atoms with Crippen LogP contribution in [0.2, 0.25) is 0 Å². The van der Waals surface area contributed by atoms with Gasteiger partial charge in [-0.15, -0.1) is 11.3 Å². The van der Waals surface area contributed by atoms with Crippen LogP contribution in [0.3, 0.4) is 0 Å². The second-order valence-electron chi connectivity index (χ2n) is 5.80. The Balaban J connectivity index is 1.59. The van der Waals surface area contributed by atoms with Crippen molar-refractivity contribution in [2.75, 3.05) is 16.9 Å². The summed E-state index contributed by atoms with van der Waals surface area (Å²) in [6, 6.07) is 13.8. The summed E-state index contributed by atoms with van der Waals surface area (Å²) in [4.78, 5) is 16.8. The minimum Gasteiger partial charge on any atom is -0.332 e. The summed E-state index contributed by atoms with van der Waals surface area (Å²) in [7, 11) is -3.22. The van der Waals surface area contributed by atoms with Crippen molar-refractivity contribution in [3.8, 4) is 0 Å². The van der Waals surface area contributed by atoms with Gasteiger partial charge in [0.05, 0.1) is 17.0 Å². The lowest BCUT2D eigenvalue weighted by Gasteiger charge is -2.04. The van der Waals surface area contributed by atoms with Crippen LogP contribution in [-0.2, 0) is 21.1 Å². The smallest absolute Gasteiger partial charge is 0.230 e. The van der Waals surface area contributed by atoms with Crippen LogP contribution in [0.25, 0.3) is 0 Å². The summed E-state index contributed by atoms with van der Waals surface area (Å²) < 4.78 is 23.9. The van der Waals surface area contributed by atoms with E-state index in [4.69, 9.17) is 0 Å². The zero-order chi connectivity index (χ0) is 19.4. The molecule has 0 aliphatic heterocycles. The van der Waals surface area contributed by atoms with Gasteiger partial charge in [-0.3, -0.25) is 4.79 Å². The first kappa shape index (κ1) is 19.5. The van der Waals surface area contributed by atoms with Crippen LogP contribution in [-0.4, -0.2) is 25.6 Å². The summed E-state index contributed by atoms with van der Waals surface area (Å²) in [5.41, 5.74) is 2.11. The lowest BCUT2D eigenvalue weighted by Crippen LogP contribution is -2.14. The van der Waals surface area contributed by atoms with Gasteiger partial charge in [-0.2, -0.15) is 0 Å². The highest BCUT2D eigenvalue weighted by Gasteiger charge is 2.10. The van der Waals surface area contributed by atoms with E-state index in [9.17, 15) is 13.2 Å². The number of carbonyl (C=O) groups excluding carboxylic acids is 1. The zero-order valence-electron chi connectivity index (χ0n) is 14.3. The van der Waals surface area contributed by atoms with E-state index in [1.807, 2.05) is 29.6 Å². The van der Waals surface area contributed by atoms with E-state index in [-0.39, 0.29) is 17.2 Å². The first-order chi connectivity index (χ1) is 12.8. The summed E-state index contributed by atoms with van der Waals surface area (Å²) in [6.45, 7) is 0. The van der Waals surface area contributed by atoms with Crippen LogP contribution in [0.5, 0.6) is 0 Å². The number of carbonyl (C=O) groups is 1. The van der Waals surface area contributed by atoms with E-state index < -0.39 is 9.84 Å². The molecular formula is C18H16BrN3O3S2.